The highest BCUT2D eigenvalue weighted by atomic mass is 16.5. The van der Waals surface area contributed by atoms with Gasteiger partial charge in [-0.05, 0) is 25.7 Å². The zero-order chi connectivity index (χ0) is 11.6. The van der Waals surface area contributed by atoms with Crippen molar-refractivity contribution in [3.05, 3.63) is 12.7 Å². The minimum absolute atomic E-state index is 0.641. The summed E-state index contributed by atoms with van der Waals surface area (Å²) in [6.07, 6.45) is 6.52. The zero-order valence-electron chi connectivity index (χ0n) is 10.0. The molecule has 16 heavy (non-hydrogen) atoms. The molecular weight excluding hydrogens is 202 g/mol. The lowest BCUT2D eigenvalue weighted by Crippen LogP contribution is -2.41. The molecule has 0 radical (unpaired) electrons. The topological polar surface area (TPSA) is 50.9 Å². The second-order valence-corrected chi connectivity index (χ2v) is 3.98. The van der Waals surface area contributed by atoms with E-state index in [1.54, 1.807) is 0 Å². The van der Waals surface area contributed by atoms with Crippen LogP contribution in [0.15, 0.2) is 17.6 Å². The van der Waals surface area contributed by atoms with Crippen LogP contribution >= 0.6 is 0 Å². The number of piperidine rings is 1. The normalized spacial score (nSPS) is 17.5. The van der Waals surface area contributed by atoms with Gasteiger partial charge >= 0.3 is 0 Å². The number of likely N-dealkylation sites (tertiary alicyclic amines) is 1. The fourth-order valence-electron chi connectivity index (χ4n) is 1.72. The molecule has 1 aliphatic rings. The van der Waals surface area contributed by atoms with Crippen LogP contribution in [-0.2, 0) is 4.74 Å². The molecule has 0 spiro atoms. The van der Waals surface area contributed by atoms with E-state index in [0.717, 1.165) is 26.1 Å². The van der Waals surface area contributed by atoms with Crippen LogP contribution in [0.4, 0.5) is 0 Å². The molecule has 1 rings (SSSR count). The average molecular weight is 225 g/mol. The van der Waals surface area contributed by atoms with Gasteiger partial charge in [-0.25, -0.2) is 0 Å². The fraction of sp³-hybridized carbons (Fsp3) is 0.750. The summed E-state index contributed by atoms with van der Waals surface area (Å²) in [5.74, 6) is 0.673. The minimum atomic E-state index is 0.641. The predicted octanol–water partition coefficient (Wildman–Crippen LogP) is 1.38. The first-order valence-corrected chi connectivity index (χ1v) is 6.08. The van der Waals surface area contributed by atoms with Gasteiger partial charge in [0.2, 0.25) is 0 Å². The maximum Gasteiger partial charge on any atom is 0.191 e. The van der Waals surface area contributed by atoms with Gasteiger partial charge in [-0.3, -0.25) is 4.99 Å². The van der Waals surface area contributed by atoms with Crippen molar-refractivity contribution in [2.75, 3.05) is 32.8 Å². The van der Waals surface area contributed by atoms with Crippen molar-refractivity contribution in [3.63, 3.8) is 0 Å². The van der Waals surface area contributed by atoms with Gasteiger partial charge in [-0.1, -0.05) is 6.08 Å². The largest absolute Gasteiger partial charge is 0.379 e. The summed E-state index contributed by atoms with van der Waals surface area (Å²) < 4.78 is 5.36. The molecule has 0 aromatic heterocycles. The van der Waals surface area contributed by atoms with Crippen LogP contribution < -0.4 is 5.73 Å². The van der Waals surface area contributed by atoms with Crippen LogP contribution in [0, 0.1) is 0 Å². The molecule has 1 fully saturated rings. The maximum absolute atomic E-state index is 5.89. The molecule has 2 N–H and O–H groups in total. The highest BCUT2D eigenvalue weighted by molar-refractivity contribution is 5.78. The number of aliphatic imine (C=N–C) groups is 1. The molecule has 0 aliphatic carbocycles. The van der Waals surface area contributed by atoms with E-state index in [1.807, 2.05) is 6.08 Å². The summed E-state index contributed by atoms with van der Waals surface area (Å²) in [4.78, 5) is 6.47. The van der Waals surface area contributed by atoms with Crippen LogP contribution in [0.5, 0.6) is 0 Å². The Labute approximate surface area is 98.2 Å². The van der Waals surface area contributed by atoms with E-state index < -0.39 is 0 Å². The van der Waals surface area contributed by atoms with Crippen LogP contribution in [-0.4, -0.2) is 43.7 Å². The molecule has 0 bridgehead atoms. The standard InChI is InChI=1S/C12H23N3O/c1-2-3-10-16-11-7-14-12(13)15-8-5-4-6-9-15/h2H,1,3-11H2,(H2,13,14). The highest BCUT2D eigenvalue weighted by Crippen LogP contribution is 2.07. The third-order valence-electron chi connectivity index (χ3n) is 2.66. The smallest absolute Gasteiger partial charge is 0.191 e. The van der Waals surface area contributed by atoms with Gasteiger partial charge in [-0.15, -0.1) is 6.58 Å². The first kappa shape index (κ1) is 13.0. The molecule has 0 saturated carbocycles. The van der Waals surface area contributed by atoms with Crippen molar-refractivity contribution >= 4 is 5.96 Å². The lowest BCUT2D eigenvalue weighted by Gasteiger charge is -2.27. The lowest BCUT2D eigenvalue weighted by molar-refractivity contribution is 0.146. The monoisotopic (exact) mass is 225 g/mol. The first-order valence-electron chi connectivity index (χ1n) is 6.08. The van der Waals surface area contributed by atoms with Gasteiger partial charge in [0.15, 0.2) is 5.96 Å². The Kier molecular flexibility index (Phi) is 6.65. The molecule has 1 aliphatic heterocycles. The van der Waals surface area contributed by atoms with E-state index in [4.69, 9.17) is 10.5 Å². The molecule has 1 heterocycles. The Hall–Kier alpha value is -1.03. The number of hydrogen-bond acceptors (Lipinski definition) is 2. The van der Waals surface area contributed by atoms with Gasteiger partial charge in [-0.2, -0.15) is 0 Å². The van der Waals surface area contributed by atoms with E-state index in [0.29, 0.717) is 19.1 Å². The highest BCUT2D eigenvalue weighted by Gasteiger charge is 2.11. The summed E-state index contributed by atoms with van der Waals surface area (Å²) in [5, 5.41) is 0. The summed E-state index contributed by atoms with van der Waals surface area (Å²) >= 11 is 0. The third-order valence-corrected chi connectivity index (χ3v) is 2.66. The van der Waals surface area contributed by atoms with E-state index in [2.05, 4.69) is 16.5 Å². The van der Waals surface area contributed by atoms with Crippen molar-refractivity contribution in [1.29, 1.82) is 0 Å². The quantitative estimate of drug-likeness (QED) is 0.321. The minimum Gasteiger partial charge on any atom is -0.379 e. The zero-order valence-corrected chi connectivity index (χ0v) is 10.0. The van der Waals surface area contributed by atoms with Gasteiger partial charge < -0.3 is 15.4 Å². The van der Waals surface area contributed by atoms with Crippen LogP contribution in [0.1, 0.15) is 25.7 Å². The Balaban J connectivity index is 2.09. The van der Waals surface area contributed by atoms with Gasteiger partial charge in [0, 0.05) is 13.1 Å². The second kappa shape index (κ2) is 8.16. The summed E-state index contributed by atoms with van der Waals surface area (Å²) in [6, 6.07) is 0. The van der Waals surface area contributed by atoms with Crippen molar-refractivity contribution in [2.45, 2.75) is 25.7 Å². The number of nitrogens with two attached hydrogens (primary N) is 1. The predicted molar refractivity (Wildman–Crippen MR) is 67.5 cm³/mol. The van der Waals surface area contributed by atoms with E-state index in [-0.39, 0.29) is 0 Å². The van der Waals surface area contributed by atoms with Crippen molar-refractivity contribution in [3.8, 4) is 0 Å². The number of ether oxygens (including phenoxy) is 1. The molecule has 0 atom stereocenters. The van der Waals surface area contributed by atoms with Gasteiger partial charge in [0.25, 0.3) is 0 Å². The first-order chi connectivity index (χ1) is 7.84. The van der Waals surface area contributed by atoms with E-state index in [9.17, 15) is 0 Å². The maximum atomic E-state index is 5.89. The van der Waals surface area contributed by atoms with Crippen LogP contribution in [0.2, 0.25) is 0 Å². The second-order valence-electron chi connectivity index (χ2n) is 3.98. The van der Waals surface area contributed by atoms with E-state index >= 15 is 0 Å². The summed E-state index contributed by atoms with van der Waals surface area (Å²) in [7, 11) is 0. The Bertz CT molecular complexity index is 222. The van der Waals surface area contributed by atoms with Crippen molar-refractivity contribution in [2.24, 2.45) is 10.7 Å². The molecule has 1 saturated heterocycles. The Morgan fingerprint density at radius 3 is 2.75 bits per heavy atom. The summed E-state index contributed by atoms with van der Waals surface area (Å²) in [5.41, 5.74) is 5.89. The van der Waals surface area contributed by atoms with Crippen molar-refractivity contribution in [1.82, 2.24) is 4.90 Å². The lowest BCUT2D eigenvalue weighted by atomic mass is 10.1. The fourth-order valence-corrected chi connectivity index (χ4v) is 1.72. The molecular formula is C12H23N3O. The Morgan fingerprint density at radius 1 is 1.31 bits per heavy atom. The third kappa shape index (κ3) is 5.16. The average Bonchev–Trinajstić information content (AvgIpc) is 2.34. The van der Waals surface area contributed by atoms with E-state index in [1.165, 1.54) is 19.3 Å². The molecule has 0 amide bonds. The number of guanidine groups is 1. The molecule has 92 valence electrons. The van der Waals surface area contributed by atoms with Crippen LogP contribution in [0.25, 0.3) is 0 Å². The molecule has 4 nitrogen and oxygen atoms in total. The molecule has 4 heteroatoms. The molecule has 0 aromatic rings. The van der Waals surface area contributed by atoms with Gasteiger partial charge in [0.1, 0.15) is 0 Å². The van der Waals surface area contributed by atoms with Crippen LogP contribution in [0.3, 0.4) is 0 Å². The molecule has 0 aromatic carbocycles. The van der Waals surface area contributed by atoms with Crippen molar-refractivity contribution < 1.29 is 4.74 Å². The molecule has 0 unspecified atom stereocenters. The van der Waals surface area contributed by atoms with Gasteiger partial charge in [0.05, 0.1) is 19.8 Å². The Morgan fingerprint density at radius 2 is 2.06 bits per heavy atom. The SMILES string of the molecule is C=CCCOCCN=C(N)N1CCCCC1. The number of hydrogen-bond donors (Lipinski definition) is 1. The summed E-state index contributed by atoms with van der Waals surface area (Å²) in [6.45, 7) is 7.75. The number of nitrogens with zero attached hydrogens (tertiary/aromatic N) is 2. The number of rotatable bonds is 6.